The van der Waals surface area contributed by atoms with Gasteiger partial charge in [-0.1, -0.05) is 25.5 Å². The van der Waals surface area contributed by atoms with E-state index in [-0.39, 0.29) is 5.91 Å². The van der Waals surface area contributed by atoms with Crippen LogP contribution >= 0.6 is 0 Å². The second-order valence-corrected chi connectivity index (χ2v) is 5.92. The van der Waals surface area contributed by atoms with Crippen LogP contribution in [0, 0.1) is 0 Å². The van der Waals surface area contributed by atoms with Crippen molar-refractivity contribution in [3.05, 3.63) is 29.8 Å². The van der Waals surface area contributed by atoms with Gasteiger partial charge in [0.15, 0.2) is 0 Å². The zero-order valence-electron chi connectivity index (χ0n) is 13.2. The Morgan fingerprint density at radius 3 is 2.52 bits per heavy atom. The summed E-state index contributed by atoms with van der Waals surface area (Å²) < 4.78 is 0. The van der Waals surface area contributed by atoms with E-state index in [1.807, 2.05) is 0 Å². The highest BCUT2D eigenvalue weighted by atomic mass is 16.1. The molecule has 1 aromatic carbocycles. The quantitative estimate of drug-likeness (QED) is 0.832. The van der Waals surface area contributed by atoms with E-state index in [1.165, 1.54) is 43.6 Å². The lowest BCUT2D eigenvalue weighted by atomic mass is 10.1. The van der Waals surface area contributed by atoms with Gasteiger partial charge in [-0.05, 0) is 49.8 Å². The van der Waals surface area contributed by atoms with Crippen LogP contribution in [0.25, 0.3) is 0 Å². The summed E-state index contributed by atoms with van der Waals surface area (Å²) in [4.78, 5) is 14.0. The molecular weight excluding hydrogens is 260 g/mol. The molecule has 1 aromatic rings. The number of nitrogens with one attached hydrogen (secondary N) is 1. The van der Waals surface area contributed by atoms with Gasteiger partial charge in [0.1, 0.15) is 0 Å². The first-order valence-corrected chi connectivity index (χ1v) is 8.40. The minimum atomic E-state index is 0.182. The van der Waals surface area contributed by atoms with Gasteiger partial charge < -0.3 is 10.2 Å². The van der Waals surface area contributed by atoms with Crippen LogP contribution in [0.4, 0.5) is 5.69 Å². The van der Waals surface area contributed by atoms with Crippen molar-refractivity contribution in [2.75, 3.05) is 24.5 Å². The maximum atomic E-state index is 11.5. The standard InChI is InChI=1S/C18H28N2O/c1-2-3-7-18(21)19-13-12-16-8-10-17(11-9-16)20-14-5-4-6-15-20/h8-11H,2-7,12-15H2,1H3,(H,19,21). The van der Waals surface area contributed by atoms with Crippen molar-refractivity contribution in [2.24, 2.45) is 0 Å². The lowest BCUT2D eigenvalue weighted by molar-refractivity contribution is -0.121. The molecule has 0 unspecified atom stereocenters. The third-order valence-corrected chi connectivity index (χ3v) is 4.15. The monoisotopic (exact) mass is 288 g/mol. The lowest BCUT2D eigenvalue weighted by Crippen LogP contribution is -2.29. The third kappa shape index (κ3) is 5.41. The SMILES string of the molecule is CCCCC(=O)NCCc1ccc(N2CCCCC2)cc1. The highest BCUT2D eigenvalue weighted by Gasteiger charge is 2.10. The number of rotatable bonds is 7. The van der Waals surface area contributed by atoms with Crippen LogP contribution in [-0.4, -0.2) is 25.5 Å². The number of benzene rings is 1. The molecule has 1 aliphatic heterocycles. The van der Waals surface area contributed by atoms with Crippen molar-refractivity contribution >= 4 is 11.6 Å². The Labute approximate surface area is 128 Å². The molecule has 1 amide bonds. The highest BCUT2D eigenvalue weighted by molar-refractivity contribution is 5.75. The number of amides is 1. The number of unbranched alkanes of at least 4 members (excludes halogenated alkanes) is 1. The van der Waals surface area contributed by atoms with Crippen LogP contribution in [0.1, 0.15) is 51.0 Å². The fraction of sp³-hybridized carbons (Fsp3) is 0.611. The van der Waals surface area contributed by atoms with E-state index < -0.39 is 0 Å². The van der Waals surface area contributed by atoms with Crippen LogP contribution < -0.4 is 10.2 Å². The molecule has 21 heavy (non-hydrogen) atoms. The molecule has 0 atom stereocenters. The topological polar surface area (TPSA) is 32.3 Å². The highest BCUT2D eigenvalue weighted by Crippen LogP contribution is 2.20. The normalized spacial score (nSPS) is 15.0. The van der Waals surface area contributed by atoms with Gasteiger partial charge in [-0.15, -0.1) is 0 Å². The second-order valence-electron chi connectivity index (χ2n) is 5.92. The zero-order chi connectivity index (χ0) is 14.9. The molecule has 3 nitrogen and oxygen atoms in total. The molecule has 0 aliphatic carbocycles. The smallest absolute Gasteiger partial charge is 0.220 e. The molecule has 116 valence electrons. The number of nitrogens with zero attached hydrogens (tertiary/aromatic N) is 1. The van der Waals surface area contributed by atoms with Crippen molar-refractivity contribution in [1.82, 2.24) is 5.32 Å². The minimum Gasteiger partial charge on any atom is -0.372 e. The average molecular weight is 288 g/mol. The van der Waals surface area contributed by atoms with Crippen LogP contribution in [-0.2, 0) is 11.2 Å². The first-order valence-electron chi connectivity index (χ1n) is 8.40. The largest absolute Gasteiger partial charge is 0.372 e. The van der Waals surface area contributed by atoms with Gasteiger partial charge in [-0.25, -0.2) is 0 Å². The van der Waals surface area contributed by atoms with Gasteiger partial charge in [0.05, 0.1) is 0 Å². The van der Waals surface area contributed by atoms with E-state index in [1.54, 1.807) is 0 Å². The molecule has 1 saturated heterocycles. The van der Waals surface area contributed by atoms with Crippen LogP contribution in [0.15, 0.2) is 24.3 Å². The Bertz CT molecular complexity index is 421. The molecule has 0 radical (unpaired) electrons. The number of carbonyl (C=O) groups is 1. The van der Waals surface area contributed by atoms with Crippen LogP contribution in [0.3, 0.4) is 0 Å². The molecule has 1 fully saturated rings. The van der Waals surface area contributed by atoms with Gasteiger partial charge in [-0.3, -0.25) is 4.79 Å². The number of piperidine rings is 1. The third-order valence-electron chi connectivity index (χ3n) is 4.15. The molecule has 2 rings (SSSR count). The predicted octanol–water partition coefficient (Wildman–Crippen LogP) is 3.53. The Morgan fingerprint density at radius 2 is 1.86 bits per heavy atom. The Balaban J connectivity index is 1.73. The molecule has 0 aromatic heterocycles. The summed E-state index contributed by atoms with van der Waals surface area (Å²) >= 11 is 0. The summed E-state index contributed by atoms with van der Waals surface area (Å²) in [7, 11) is 0. The van der Waals surface area contributed by atoms with E-state index in [9.17, 15) is 4.79 Å². The van der Waals surface area contributed by atoms with Gasteiger partial charge in [0.25, 0.3) is 0 Å². The molecule has 1 N–H and O–H groups in total. The summed E-state index contributed by atoms with van der Waals surface area (Å²) in [5.74, 6) is 0.182. The van der Waals surface area contributed by atoms with Crippen molar-refractivity contribution in [2.45, 2.75) is 51.9 Å². The van der Waals surface area contributed by atoms with Gasteiger partial charge >= 0.3 is 0 Å². The molecular formula is C18H28N2O. The molecule has 1 aliphatic rings. The summed E-state index contributed by atoms with van der Waals surface area (Å²) in [5.41, 5.74) is 2.64. The predicted molar refractivity (Wildman–Crippen MR) is 88.7 cm³/mol. The number of hydrogen-bond donors (Lipinski definition) is 1. The fourth-order valence-electron chi connectivity index (χ4n) is 2.80. The number of carbonyl (C=O) groups excluding carboxylic acids is 1. The van der Waals surface area contributed by atoms with Gasteiger partial charge in [0.2, 0.25) is 5.91 Å². The Kier molecular flexibility index (Phi) is 6.58. The van der Waals surface area contributed by atoms with E-state index >= 15 is 0 Å². The molecule has 0 saturated carbocycles. The van der Waals surface area contributed by atoms with Crippen LogP contribution in [0.5, 0.6) is 0 Å². The van der Waals surface area contributed by atoms with Gasteiger partial charge in [0, 0.05) is 31.7 Å². The summed E-state index contributed by atoms with van der Waals surface area (Å²) in [6.45, 7) is 5.22. The maximum Gasteiger partial charge on any atom is 0.220 e. The van der Waals surface area contributed by atoms with E-state index in [4.69, 9.17) is 0 Å². The second kappa shape index (κ2) is 8.71. The van der Waals surface area contributed by atoms with Crippen molar-refractivity contribution in [3.8, 4) is 0 Å². The summed E-state index contributed by atoms with van der Waals surface area (Å²) in [6, 6.07) is 8.84. The Morgan fingerprint density at radius 1 is 1.14 bits per heavy atom. The zero-order valence-corrected chi connectivity index (χ0v) is 13.2. The van der Waals surface area contributed by atoms with Gasteiger partial charge in [-0.2, -0.15) is 0 Å². The molecule has 0 spiro atoms. The van der Waals surface area contributed by atoms with Crippen molar-refractivity contribution < 1.29 is 4.79 Å². The Hall–Kier alpha value is -1.51. The van der Waals surface area contributed by atoms with E-state index in [0.29, 0.717) is 6.42 Å². The summed E-state index contributed by atoms with van der Waals surface area (Å²) in [5, 5.41) is 2.99. The first-order chi connectivity index (χ1) is 10.3. The fourth-order valence-corrected chi connectivity index (χ4v) is 2.80. The molecule has 3 heteroatoms. The summed E-state index contributed by atoms with van der Waals surface area (Å²) in [6.07, 6.45) is 7.62. The average Bonchev–Trinajstić information content (AvgIpc) is 2.54. The lowest BCUT2D eigenvalue weighted by Gasteiger charge is -2.28. The van der Waals surface area contributed by atoms with Crippen molar-refractivity contribution in [1.29, 1.82) is 0 Å². The molecule has 1 heterocycles. The van der Waals surface area contributed by atoms with Crippen LogP contribution in [0.2, 0.25) is 0 Å². The maximum absolute atomic E-state index is 11.5. The number of hydrogen-bond acceptors (Lipinski definition) is 2. The van der Waals surface area contributed by atoms with E-state index in [0.717, 1.165) is 25.8 Å². The van der Waals surface area contributed by atoms with Crippen molar-refractivity contribution in [3.63, 3.8) is 0 Å². The minimum absolute atomic E-state index is 0.182. The number of anilines is 1. The molecule has 0 bridgehead atoms. The first kappa shape index (κ1) is 15.9. The van der Waals surface area contributed by atoms with E-state index in [2.05, 4.69) is 41.4 Å².